The molecular weight excluding hydrogens is 340 g/mol. The molecule has 0 saturated heterocycles. The van der Waals surface area contributed by atoms with Crippen LogP contribution in [0, 0.1) is 11.6 Å². The maximum absolute atomic E-state index is 13.1. The SMILES string of the molecule is O=C(CN1CCCc2ccccc21)NCC(=O)Nc1ccc(F)c(F)c1. The van der Waals surface area contributed by atoms with Crippen LogP contribution >= 0.6 is 0 Å². The standard InChI is InChI=1S/C19H19F2N3O2/c20-15-8-7-14(10-16(15)21)23-18(25)11-22-19(26)12-24-9-3-5-13-4-1-2-6-17(13)24/h1-2,4,6-8,10H,3,5,9,11-12H2,(H,22,26)(H,23,25). The molecule has 0 aromatic heterocycles. The van der Waals surface area contributed by atoms with E-state index in [0.717, 1.165) is 37.2 Å². The van der Waals surface area contributed by atoms with Crippen LogP contribution < -0.4 is 15.5 Å². The molecule has 0 atom stereocenters. The van der Waals surface area contributed by atoms with Crippen LogP contribution in [0.2, 0.25) is 0 Å². The fourth-order valence-corrected chi connectivity index (χ4v) is 2.96. The van der Waals surface area contributed by atoms with Gasteiger partial charge < -0.3 is 15.5 Å². The molecule has 0 spiro atoms. The van der Waals surface area contributed by atoms with Gasteiger partial charge >= 0.3 is 0 Å². The molecule has 3 rings (SSSR count). The molecule has 136 valence electrons. The topological polar surface area (TPSA) is 61.4 Å². The van der Waals surface area contributed by atoms with Crippen molar-refractivity contribution in [1.29, 1.82) is 0 Å². The van der Waals surface area contributed by atoms with Crippen LogP contribution in [0.1, 0.15) is 12.0 Å². The first-order chi connectivity index (χ1) is 12.5. The normalized spacial score (nSPS) is 13.1. The number of para-hydroxylation sites is 1. The minimum Gasteiger partial charge on any atom is -0.362 e. The number of nitrogens with zero attached hydrogens (tertiary/aromatic N) is 1. The van der Waals surface area contributed by atoms with E-state index in [2.05, 4.69) is 16.7 Å². The van der Waals surface area contributed by atoms with Gasteiger partial charge in [0.05, 0.1) is 13.1 Å². The lowest BCUT2D eigenvalue weighted by molar-refractivity contribution is -0.123. The van der Waals surface area contributed by atoms with Crippen molar-refractivity contribution in [2.24, 2.45) is 0 Å². The average molecular weight is 359 g/mol. The lowest BCUT2D eigenvalue weighted by Crippen LogP contribution is -2.42. The molecule has 1 aliphatic heterocycles. The number of halogens is 2. The van der Waals surface area contributed by atoms with Gasteiger partial charge in [-0.3, -0.25) is 9.59 Å². The number of nitrogens with one attached hydrogen (secondary N) is 2. The molecule has 0 unspecified atom stereocenters. The van der Waals surface area contributed by atoms with Crippen molar-refractivity contribution >= 4 is 23.2 Å². The van der Waals surface area contributed by atoms with Gasteiger partial charge in [0.25, 0.3) is 0 Å². The summed E-state index contributed by atoms with van der Waals surface area (Å²) in [7, 11) is 0. The zero-order valence-electron chi connectivity index (χ0n) is 14.1. The number of hydrogen-bond acceptors (Lipinski definition) is 3. The predicted octanol–water partition coefficient (Wildman–Crippen LogP) is 2.47. The maximum Gasteiger partial charge on any atom is 0.243 e. The zero-order chi connectivity index (χ0) is 18.5. The highest BCUT2D eigenvalue weighted by Crippen LogP contribution is 2.26. The van der Waals surface area contributed by atoms with Crippen molar-refractivity contribution in [2.45, 2.75) is 12.8 Å². The van der Waals surface area contributed by atoms with Crippen LogP contribution in [0.25, 0.3) is 0 Å². The Labute approximate surface area is 150 Å². The van der Waals surface area contributed by atoms with Gasteiger partial charge in [0.1, 0.15) is 0 Å². The van der Waals surface area contributed by atoms with Gasteiger partial charge in [-0.25, -0.2) is 8.78 Å². The first kappa shape index (κ1) is 17.8. The van der Waals surface area contributed by atoms with E-state index in [9.17, 15) is 18.4 Å². The number of benzene rings is 2. The molecule has 0 saturated carbocycles. The predicted molar refractivity (Wildman–Crippen MR) is 95.0 cm³/mol. The summed E-state index contributed by atoms with van der Waals surface area (Å²) in [5, 5.41) is 4.96. The second-order valence-corrected chi connectivity index (χ2v) is 6.11. The Hall–Kier alpha value is -2.96. The second-order valence-electron chi connectivity index (χ2n) is 6.11. The van der Waals surface area contributed by atoms with Crippen molar-refractivity contribution in [3.63, 3.8) is 0 Å². The first-order valence-electron chi connectivity index (χ1n) is 8.37. The van der Waals surface area contributed by atoms with Crippen LogP contribution in [0.3, 0.4) is 0 Å². The molecule has 0 bridgehead atoms. The van der Waals surface area contributed by atoms with E-state index >= 15 is 0 Å². The third-order valence-electron chi connectivity index (χ3n) is 4.19. The van der Waals surface area contributed by atoms with E-state index in [-0.39, 0.29) is 24.7 Å². The number of hydrogen-bond donors (Lipinski definition) is 2. The molecule has 2 aromatic rings. The van der Waals surface area contributed by atoms with Crippen molar-refractivity contribution in [3.05, 3.63) is 59.7 Å². The van der Waals surface area contributed by atoms with Crippen LogP contribution in [0.5, 0.6) is 0 Å². The zero-order valence-corrected chi connectivity index (χ0v) is 14.1. The molecule has 1 heterocycles. The third-order valence-corrected chi connectivity index (χ3v) is 4.19. The van der Waals surface area contributed by atoms with Gasteiger partial charge in [-0.2, -0.15) is 0 Å². The molecule has 2 amide bonds. The number of carbonyl (C=O) groups excluding carboxylic acids is 2. The molecule has 7 heteroatoms. The summed E-state index contributed by atoms with van der Waals surface area (Å²) in [5.74, 6) is -2.82. The van der Waals surface area contributed by atoms with E-state index in [1.165, 1.54) is 11.6 Å². The van der Waals surface area contributed by atoms with Crippen LogP contribution in [-0.4, -0.2) is 31.4 Å². The molecule has 0 radical (unpaired) electrons. The second kappa shape index (κ2) is 7.95. The van der Waals surface area contributed by atoms with E-state index in [0.29, 0.717) is 0 Å². The van der Waals surface area contributed by atoms with E-state index < -0.39 is 17.5 Å². The van der Waals surface area contributed by atoms with Gasteiger partial charge in [-0.15, -0.1) is 0 Å². The Kier molecular flexibility index (Phi) is 5.46. The number of aryl methyl sites for hydroxylation is 1. The fraction of sp³-hybridized carbons (Fsp3) is 0.263. The van der Waals surface area contributed by atoms with Gasteiger partial charge in [-0.05, 0) is 36.6 Å². The Morgan fingerprint density at radius 3 is 2.65 bits per heavy atom. The number of carbonyl (C=O) groups is 2. The summed E-state index contributed by atoms with van der Waals surface area (Å²) in [6.45, 7) is 0.703. The number of anilines is 2. The first-order valence-corrected chi connectivity index (χ1v) is 8.37. The fourth-order valence-electron chi connectivity index (χ4n) is 2.96. The largest absolute Gasteiger partial charge is 0.362 e. The van der Waals surface area contributed by atoms with Crippen molar-refractivity contribution in [1.82, 2.24) is 5.32 Å². The minimum atomic E-state index is -1.05. The summed E-state index contributed by atoms with van der Waals surface area (Å²) in [5.41, 5.74) is 2.39. The van der Waals surface area contributed by atoms with Crippen LogP contribution in [-0.2, 0) is 16.0 Å². The summed E-state index contributed by atoms with van der Waals surface area (Å²) in [6.07, 6.45) is 1.96. The minimum absolute atomic E-state index is 0.133. The van der Waals surface area contributed by atoms with Crippen LogP contribution in [0.4, 0.5) is 20.2 Å². The summed E-state index contributed by atoms with van der Waals surface area (Å²) < 4.78 is 26.0. The monoisotopic (exact) mass is 359 g/mol. The molecule has 2 aromatic carbocycles. The summed E-state index contributed by atoms with van der Waals surface area (Å²) in [4.78, 5) is 26.0. The molecule has 0 fully saturated rings. The Morgan fingerprint density at radius 2 is 1.85 bits per heavy atom. The Morgan fingerprint density at radius 1 is 1.04 bits per heavy atom. The van der Waals surface area contributed by atoms with Crippen LogP contribution in [0.15, 0.2) is 42.5 Å². The van der Waals surface area contributed by atoms with Gasteiger partial charge in [0.15, 0.2) is 11.6 Å². The number of fused-ring (bicyclic) bond motifs is 1. The lowest BCUT2D eigenvalue weighted by Gasteiger charge is -2.30. The molecular formula is C19H19F2N3O2. The Balaban J connectivity index is 1.50. The van der Waals surface area contributed by atoms with Gasteiger partial charge in [0.2, 0.25) is 11.8 Å². The quantitative estimate of drug-likeness (QED) is 0.862. The highest BCUT2D eigenvalue weighted by atomic mass is 19.2. The smallest absolute Gasteiger partial charge is 0.243 e. The molecule has 2 N–H and O–H groups in total. The molecule has 26 heavy (non-hydrogen) atoms. The third kappa shape index (κ3) is 4.36. The lowest BCUT2D eigenvalue weighted by atomic mass is 10.0. The number of rotatable bonds is 5. The van der Waals surface area contributed by atoms with Crippen molar-refractivity contribution < 1.29 is 18.4 Å². The summed E-state index contributed by atoms with van der Waals surface area (Å²) in [6, 6.07) is 11.0. The molecule has 0 aliphatic carbocycles. The van der Waals surface area contributed by atoms with E-state index in [1.54, 1.807) is 0 Å². The maximum atomic E-state index is 13.1. The van der Waals surface area contributed by atoms with E-state index in [1.807, 2.05) is 23.1 Å². The van der Waals surface area contributed by atoms with Crippen molar-refractivity contribution in [2.75, 3.05) is 29.9 Å². The Bertz CT molecular complexity index is 826. The molecule has 5 nitrogen and oxygen atoms in total. The van der Waals surface area contributed by atoms with Gasteiger partial charge in [-0.1, -0.05) is 18.2 Å². The molecule has 1 aliphatic rings. The highest BCUT2D eigenvalue weighted by Gasteiger charge is 2.18. The van der Waals surface area contributed by atoms with Crippen molar-refractivity contribution in [3.8, 4) is 0 Å². The van der Waals surface area contributed by atoms with Gasteiger partial charge in [0, 0.05) is 24.0 Å². The highest BCUT2D eigenvalue weighted by molar-refractivity contribution is 5.95. The summed E-state index contributed by atoms with van der Waals surface area (Å²) >= 11 is 0. The van der Waals surface area contributed by atoms with E-state index in [4.69, 9.17) is 0 Å². The number of amides is 2. The average Bonchev–Trinajstić information content (AvgIpc) is 2.63.